The van der Waals surface area contributed by atoms with Crippen molar-refractivity contribution in [2.75, 3.05) is 11.6 Å². The Morgan fingerprint density at radius 1 is 1.36 bits per heavy atom. The van der Waals surface area contributed by atoms with Crippen LogP contribution in [-0.4, -0.2) is 11.7 Å². The van der Waals surface area contributed by atoms with E-state index in [1.165, 1.54) is 0 Å². The van der Waals surface area contributed by atoms with Crippen molar-refractivity contribution in [2.45, 2.75) is 12.3 Å². The fraction of sp³-hybridized carbons (Fsp3) is 0.300. The van der Waals surface area contributed by atoms with E-state index in [2.05, 4.69) is 0 Å². The van der Waals surface area contributed by atoms with Crippen LogP contribution in [0.1, 0.15) is 22.3 Å². The number of rotatable bonds is 4. The van der Waals surface area contributed by atoms with Crippen LogP contribution in [0.4, 0.5) is 5.69 Å². The molecule has 14 heavy (non-hydrogen) atoms. The Bertz CT molecular complexity index is 339. The zero-order valence-electron chi connectivity index (χ0n) is 7.59. The summed E-state index contributed by atoms with van der Waals surface area (Å²) in [7, 11) is 0. The molecule has 0 saturated carbocycles. The van der Waals surface area contributed by atoms with Gasteiger partial charge in [0.15, 0.2) is 5.78 Å². The summed E-state index contributed by atoms with van der Waals surface area (Å²) in [4.78, 5) is 11.4. The molecule has 0 radical (unpaired) electrons. The van der Waals surface area contributed by atoms with E-state index >= 15 is 0 Å². The monoisotopic (exact) mass is 231 g/mol. The van der Waals surface area contributed by atoms with Gasteiger partial charge in [0.25, 0.3) is 0 Å². The number of hydrogen-bond acceptors (Lipinski definition) is 2. The highest BCUT2D eigenvalue weighted by Gasteiger charge is 2.06. The van der Waals surface area contributed by atoms with E-state index < -0.39 is 0 Å². The van der Waals surface area contributed by atoms with Gasteiger partial charge >= 0.3 is 0 Å². The zero-order chi connectivity index (χ0) is 10.6. The molecule has 0 fully saturated rings. The van der Waals surface area contributed by atoms with Crippen LogP contribution in [0.5, 0.6) is 0 Å². The van der Waals surface area contributed by atoms with Gasteiger partial charge in [-0.1, -0.05) is 12.1 Å². The molecule has 76 valence electrons. The molecule has 0 heterocycles. The standard InChI is InChI=1S/C10H11Cl2NO/c11-4-3-10(14)7-1-2-8(6-12)9(13)5-7/h1-2,5H,3-4,6,13H2. The third-order valence-electron chi connectivity index (χ3n) is 1.93. The lowest BCUT2D eigenvalue weighted by Crippen LogP contribution is -2.02. The van der Waals surface area contributed by atoms with E-state index in [4.69, 9.17) is 28.9 Å². The first-order chi connectivity index (χ1) is 6.69. The summed E-state index contributed by atoms with van der Waals surface area (Å²) in [6, 6.07) is 5.14. The highest BCUT2D eigenvalue weighted by atomic mass is 35.5. The second-order valence-corrected chi connectivity index (χ2v) is 3.55. The van der Waals surface area contributed by atoms with Gasteiger partial charge < -0.3 is 5.73 Å². The third kappa shape index (κ3) is 2.63. The molecule has 1 aromatic rings. The predicted molar refractivity (Wildman–Crippen MR) is 60.1 cm³/mol. The lowest BCUT2D eigenvalue weighted by molar-refractivity contribution is 0.0989. The average molecular weight is 232 g/mol. The molecular weight excluding hydrogens is 221 g/mol. The topological polar surface area (TPSA) is 43.1 Å². The molecule has 0 saturated heterocycles. The van der Waals surface area contributed by atoms with Crippen molar-refractivity contribution in [2.24, 2.45) is 0 Å². The first-order valence-electron chi connectivity index (χ1n) is 4.22. The van der Waals surface area contributed by atoms with Crippen molar-refractivity contribution in [3.63, 3.8) is 0 Å². The van der Waals surface area contributed by atoms with Gasteiger partial charge in [-0.2, -0.15) is 0 Å². The van der Waals surface area contributed by atoms with Crippen LogP contribution < -0.4 is 5.73 Å². The van der Waals surface area contributed by atoms with E-state index in [-0.39, 0.29) is 5.78 Å². The Morgan fingerprint density at radius 2 is 2.07 bits per heavy atom. The summed E-state index contributed by atoms with van der Waals surface area (Å²) in [6.07, 6.45) is 0.335. The average Bonchev–Trinajstić information content (AvgIpc) is 2.18. The van der Waals surface area contributed by atoms with Crippen LogP contribution in [0.15, 0.2) is 18.2 Å². The smallest absolute Gasteiger partial charge is 0.164 e. The molecule has 4 heteroatoms. The Labute approximate surface area is 93.0 Å². The maximum absolute atomic E-state index is 11.4. The van der Waals surface area contributed by atoms with Gasteiger partial charge in [0.2, 0.25) is 0 Å². The minimum absolute atomic E-state index is 0.00724. The fourth-order valence-corrected chi connectivity index (χ4v) is 1.54. The number of nitrogens with two attached hydrogens (primary N) is 1. The van der Waals surface area contributed by atoms with Gasteiger partial charge in [0.05, 0.1) is 0 Å². The summed E-state index contributed by atoms with van der Waals surface area (Å²) < 4.78 is 0. The van der Waals surface area contributed by atoms with Crippen LogP contribution in [0.25, 0.3) is 0 Å². The number of hydrogen-bond donors (Lipinski definition) is 1. The maximum Gasteiger partial charge on any atom is 0.164 e. The number of nitrogen functional groups attached to an aromatic ring is 1. The molecule has 0 unspecified atom stereocenters. The zero-order valence-corrected chi connectivity index (χ0v) is 9.11. The van der Waals surface area contributed by atoms with Crippen molar-refractivity contribution in [1.29, 1.82) is 0 Å². The van der Waals surface area contributed by atoms with Gasteiger partial charge in [-0.3, -0.25) is 4.79 Å². The van der Waals surface area contributed by atoms with E-state index in [9.17, 15) is 4.79 Å². The number of alkyl halides is 2. The van der Waals surface area contributed by atoms with Gasteiger partial charge in [-0.15, -0.1) is 23.2 Å². The largest absolute Gasteiger partial charge is 0.398 e. The Kier molecular flexibility index (Phi) is 4.23. The molecule has 0 aliphatic carbocycles. The highest BCUT2D eigenvalue weighted by Crippen LogP contribution is 2.17. The summed E-state index contributed by atoms with van der Waals surface area (Å²) >= 11 is 11.1. The van der Waals surface area contributed by atoms with Crippen LogP contribution >= 0.6 is 23.2 Å². The summed E-state index contributed by atoms with van der Waals surface area (Å²) in [5.41, 5.74) is 7.69. The number of anilines is 1. The molecule has 0 aliphatic rings. The second-order valence-electron chi connectivity index (χ2n) is 2.91. The van der Waals surface area contributed by atoms with Gasteiger partial charge in [0.1, 0.15) is 0 Å². The summed E-state index contributed by atoms with van der Waals surface area (Å²) in [5, 5.41) is 0. The van der Waals surface area contributed by atoms with Crippen molar-refractivity contribution < 1.29 is 4.79 Å². The molecule has 0 bridgehead atoms. The van der Waals surface area contributed by atoms with Gasteiger partial charge in [-0.25, -0.2) is 0 Å². The molecular formula is C10H11Cl2NO. The van der Waals surface area contributed by atoms with Crippen molar-refractivity contribution in [3.8, 4) is 0 Å². The number of carbonyl (C=O) groups excluding carboxylic acids is 1. The van der Waals surface area contributed by atoms with Crippen LogP contribution in [0, 0.1) is 0 Å². The van der Waals surface area contributed by atoms with E-state index in [1.54, 1.807) is 18.2 Å². The quantitative estimate of drug-likeness (QED) is 0.492. The molecule has 1 aromatic carbocycles. The van der Waals surface area contributed by atoms with Crippen molar-refractivity contribution in [1.82, 2.24) is 0 Å². The Morgan fingerprint density at radius 3 is 2.57 bits per heavy atom. The van der Waals surface area contributed by atoms with Crippen molar-refractivity contribution in [3.05, 3.63) is 29.3 Å². The first-order valence-corrected chi connectivity index (χ1v) is 5.29. The fourth-order valence-electron chi connectivity index (χ4n) is 1.12. The minimum Gasteiger partial charge on any atom is -0.398 e. The first kappa shape index (κ1) is 11.3. The van der Waals surface area contributed by atoms with Crippen LogP contribution in [0.3, 0.4) is 0 Å². The van der Waals surface area contributed by atoms with E-state index in [1.807, 2.05) is 0 Å². The number of carbonyl (C=O) groups is 1. The SMILES string of the molecule is Nc1cc(C(=O)CCCl)ccc1CCl. The molecule has 1 rings (SSSR count). The van der Waals surface area contributed by atoms with Gasteiger partial charge in [0, 0.05) is 29.4 Å². The second kappa shape index (κ2) is 5.23. The number of benzene rings is 1. The third-order valence-corrected chi connectivity index (χ3v) is 2.41. The summed E-state index contributed by atoms with van der Waals surface area (Å²) in [6.45, 7) is 0. The number of halogens is 2. The van der Waals surface area contributed by atoms with Crippen LogP contribution in [0.2, 0.25) is 0 Å². The predicted octanol–water partition coefficient (Wildman–Crippen LogP) is 2.82. The summed E-state index contributed by atoms with van der Waals surface area (Å²) in [5.74, 6) is 0.694. The molecule has 0 amide bonds. The minimum atomic E-state index is 0.00724. The lowest BCUT2D eigenvalue weighted by atomic mass is 10.1. The Balaban J connectivity index is 2.91. The van der Waals surface area contributed by atoms with E-state index in [0.717, 1.165) is 5.56 Å². The van der Waals surface area contributed by atoms with Crippen LogP contribution in [-0.2, 0) is 5.88 Å². The molecule has 0 aliphatic heterocycles. The van der Waals surface area contributed by atoms with Gasteiger partial charge in [-0.05, 0) is 11.6 Å². The van der Waals surface area contributed by atoms with E-state index in [0.29, 0.717) is 29.4 Å². The Hall–Kier alpha value is -0.730. The normalized spacial score (nSPS) is 10.1. The molecule has 2 nitrogen and oxygen atoms in total. The molecule has 2 N–H and O–H groups in total. The maximum atomic E-state index is 11.4. The molecule has 0 atom stereocenters. The molecule has 0 aromatic heterocycles. The lowest BCUT2D eigenvalue weighted by Gasteiger charge is -2.04. The number of ketones is 1. The molecule has 0 spiro atoms. The number of Topliss-reactive ketones (excluding diaryl/α,β-unsaturated/α-hetero) is 1. The highest BCUT2D eigenvalue weighted by molar-refractivity contribution is 6.19. The van der Waals surface area contributed by atoms with Crippen molar-refractivity contribution >= 4 is 34.7 Å².